The van der Waals surface area contributed by atoms with Crippen LogP contribution in [-0.4, -0.2) is 5.97 Å². The van der Waals surface area contributed by atoms with E-state index in [0.717, 1.165) is 0 Å². The molecule has 66 valence electrons. The minimum absolute atomic E-state index is 0. The first kappa shape index (κ1) is 15.2. The van der Waals surface area contributed by atoms with Crippen molar-refractivity contribution in [3.8, 4) is 0 Å². The number of rotatable bonds is 1. The summed E-state index contributed by atoms with van der Waals surface area (Å²) in [5.74, 6) is -0.995. The van der Waals surface area contributed by atoms with E-state index < -0.39 is 5.97 Å². The van der Waals surface area contributed by atoms with Gasteiger partial charge >= 0.3 is 29.6 Å². The second-order valence-electron chi connectivity index (χ2n) is 2.38. The summed E-state index contributed by atoms with van der Waals surface area (Å²) in [4.78, 5) is 9.26. The number of hydrogen-bond acceptors (Lipinski definition) is 2. The van der Waals surface area contributed by atoms with Crippen molar-refractivity contribution < 1.29 is 39.5 Å². The van der Waals surface area contributed by atoms with Gasteiger partial charge in [-0.1, -0.05) is 42.8 Å². The van der Waals surface area contributed by atoms with Crippen molar-refractivity contribution >= 4 is 5.97 Å². The minimum Gasteiger partial charge on any atom is -0.550 e. The predicted octanol–water partition coefficient (Wildman–Crippen LogP) is -1.85. The first-order chi connectivity index (χ1) is 5.66. The average Bonchev–Trinajstić information content (AvgIpc) is 2.07. The van der Waals surface area contributed by atoms with Crippen LogP contribution < -0.4 is 34.7 Å². The number of carboxylic acids is 1. The van der Waals surface area contributed by atoms with Gasteiger partial charge < -0.3 is 9.90 Å². The molecule has 1 aromatic rings. The van der Waals surface area contributed by atoms with Gasteiger partial charge in [0.25, 0.3) is 0 Å². The topological polar surface area (TPSA) is 40.1 Å². The third-order valence-electron chi connectivity index (χ3n) is 1.23. The van der Waals surface area contributed by atoms with Gasteiger partial charge in [0.1, 0.15) is 0 Å². The molecule has 1 rings (SSSR count). The van der Waals surface area contributed by atoms with Crippen molar-refractivity contribution in [3.05, 3.63) is 35.9 Å². The molecule has 0 heterocycles. The smallest absolute Gasteiger partial charge is 0.550 e. The molecule has 0 saturated heterocycles. The number of aliphatic carboxylic acids is 1. The number of hydrogen-bond donors (Lipinski definition) is 0. The van der Waals surface area contributed by atoms with Crippen LogP contribution in [0.25, 0.3) is 0 Å². The maximum absolute atomic E-state index is 9.26. The Hall–Kier alpha value is -0.310. The van der Waals surface area contributed by atoms with Gasteiger partial charge in [-0.3, -0.25) is 0 Å². The quantitative estimate of drug-likeness (QED) is 0.485. The fourth-order valence-corrected chi connectivity index (χ4v) is 0.534. The second kappa shape index (κ2) is 9.78. The van der Waals surface area contributed by atoms with Crippen LogP contribution in [-0.2, 0) is 4.79 Å². The van der Waals surface area contributed by atoms with Crippen molar-refractivity contribution in [2.24, 2.45) is 0 Å². The van der Waals surface area contributed by atoms with Crippen LogP contribution in [0.5, 0.6) is 0 Å². The van der Waals surface area contributed by atoms with Crippen LogP contribution in [0.1, 0.15) is 18.9 Å². The fourth-order valence-electron chi connectivity index (χ4n) is 0.534. The van der Waals surface area contributed by atoms with Crippen LogP contribution in [0.2, 0.25) is 0 Å². The summed E-state index contributed by atoms with van der Waals surface area (Å²) in [5.41, 5.74) is 1.32. The van der Waals surface area contributed by atoms with Crippen molar-refractivity contribution in [1.29, 1.82) is 0 Å². The summed E-state index contributed by atoms with van der Waals surface area (Å²) in [5, 5.41) is 9.26. The minimum atomic E-state index is -0.995. The van der Waals surface area contributed by atoms with Crippen LogP contribution >= 0.6 is 0 Å². The largest absolute Gasteiger partial charge is 1.00 e. The zero-order chi connectivity index (χ0) is 9.40. The van der Waals surface area contributed by atoms with Gasteiger partial charge in [-0.25, -0.2) is 0 Å². The third kappa shape index (κ3) is 11.7. The van der Waals surface area contributed by atoms with Crippen molar-refractivity contribution in [1.82, 2.24) is 0 Å². The SMILES string of the molecule is CCC(=O)[O-].Cc1ccccc1.[Na+]. The van der Waals surface area contributed by atoms with Crippen LogP contribution in [0, 0.1) is 6.92 Å². The number of benzene rings is 1. The first-order valence-corrected chi connectivity index (χ1v) is 3.88. The molecule has 0 saturated carbocycles. The molecule has 0 amide bonds. The monoisotopic (exact) mass is 188 g/mol. The Balaban J connectivity index is 0. The van der Waals surface area contributed by atoms with Crippen LogP contribution in [0.3, 0.4) is 0 Å². The molecular formula is C10H13NaO2. The van der Waals surface area contributed by atoms with Crippen molar-refractivity contribution in [3.63, 3.8) is 0 Å². The molecule has 0 aromatic heterocycles. The summed E-state index contributed by atoms with van der Waals surface area (Å²) in [6.07, 6.45) is 0.111. The number of carbonyl (C=O) groups excluding carboxylic acids is 1. The van der Waals surface area contributed by atoms with Crippen LogP contribution in [0.4, 0.5) is 0 Å². The number of aryl methyl sites for hydroxylation is 1. The Kier molecular flexibility index (Phi) is 11.4. The Morgan fingerprint density at radius 1 is 1.31 bits per heavy atom. The summed E-state index contributed by atoms with van der Waals surface area (Å²) in [6, 6.07) is 10.3. The fraction of sp³-hybridized carbons (Fsp3) is 0.300. The maximum Gasteiger partial charge on any atom is 1.00 e. The van der Waals surface area contributed by atoms with E-state index in [1.165, 1.54) is 12.5 Å². The zero-order valence-electron chi connectivity index (χ0n) is 8.41. The van der Waals surface area contributed by atoms with Crippen molar-refractivity contribution in [2.45, 2.75) is 20.3 Å². The molecular weight excluding hydrogens is 175 g/mol. The Labute approximate surface area is 101 Å². The molecule has 0 aliphatic rings. The number of carbonyl (C=O) groups is 1. The van der Waals surface area contributed by atoms with E-state index in [1.54, 1.807) is 0 Å². The predicted molar refractivity (Wildman–Crippen MR) is 46.5 cm³/mol. The van der Waals surface area contributed by atoms with E-state index >= 15 is 0 Å². The van der Waals surface area contributed by atoms with Crippen LogP contribution in [0.15, 0.2) is 30.3 Å². The van der Waals surface area contributed by atoms with Gasteiger partial charge in [-0.05, 0) is 13.3 Å². The van der Waals surface area contributed by atoms with E-state index in [0.29, 0.717) is 0 Å². The molecule has 0 N–H and O–H groups in total. The molecule has 1 aromatic carbocycles. The molecule has 3 heteroatoms. The van der Waals surface area contributed by atoms with E-state index in [9.17, 15) is 9.90 Å². The molecule has 2 nitrogen and oxygen atoms in total. The summed E-state index contributed by atoms with van der Waals surface area (Å²) >= 11 is 0. The van der Waals surface area contributed by atoms with E-state index in [4.69, 9.17) is 0 Å². The summed E-state index contributed by atoms with van der Waals surface area (Å²) < 4.78 is 0. The van der Waals surface area contributed by atoms with Gasteiger partial charge in [0, 0.05) is 5.97 Å². The molecule has 0 spiro atoms. The summed E-state index contributed by atoms with van der Waals surface area (Å²) in [6.45, 7) is 3.62. The maximum atomic E-state index is 9.26. The van der Waals surface area contributed by atoms with Gasteiger partial charge in [-0.2, -0.15) is 0 Å². The molecule has 13 heavy (non-hydrogen) atoms. The van der Waals surface area contributed by atoms with E-state index in [1.807, 2.05) is 18.2 Å². The first-order valence-electron chi connectivity index (χ1n) is 3.88. The van der Waals surface area contributed by atoms with E-state index in [2.05, 4.69) is 19.1 Å². The molecule has 0 bridgehead atoms. The van der Waals surface area contributed by atoms with Gasteiger partial charge in [-0.15, -0.1) is 0 Å². The van der Waals surface area contributed by atoms with E-state index in [-0.39, 0.29) is 36.0 Å². The van der Waals surface area contributed by atoms with Gasteiger partial charge in [0.05, 0.1) is 0 Å². The van der Waals surface area contributed by atoms with Gasteiger partial charge in [0.15, 0.2) is 0 Å². The van der Waals surface area contributed by atoms with Crippen molar-refractivity contribution in [2.75, 3.05) is 0 Å². The normalized spacial score (nSPS) is 7.54. The molecule has 0 radical (unpaired) electrons. The molecule has 0 aliphatic carbocycles. The second-order valence-corrected chi connectivity index (χ2v) is 2.38. The molecule has 0 atom stereocenters. The molecule has 0 fully saturated rings. The van der Waals surface area contributed by atoms with Gasteiger partial charge in [0.2, 0.25) is 0 Å². The standard InChI is InChI=1S/C7H8.C3H6O2.Na/c1-7-5-3-2-4-6-7;1-2-3(4)5;/h2-6H,1H3;2H2,1H3,(H,4,5);/q;;+1/p-1. The average molecular weight is 188 g/mol. The molecule has 0 aliphatic heterocycles. The Morgan fingerprint density at radius 3 is 1.85 bits per heavy atom. The Bertz CT molecular complexity index is 222. The zero-order valence-corrected chi connectivity index (χ0v) is 10.4. The third-order valence-corrected chi connectivity index (χ3v) is 1.23. The Morgan fingerprint density at radius 2 is 1.69 bits per heavy atom. The summed E-state index contributed by atoms with van der Waals surface area (Å²) in [7, 11) is 0. The number of carboxylic acid groups (broad SMARTS) is 1. The molecule has 0 unspecified atom stereocenters.